The van der Waals surface area contributed by atoms with Gasteiger partial charge in [-0.1, -0.05) is 18.2 Å². The van der Waals surface area contributed by atoms with E-state index in [0.717, 1.165) is 5.52 Å². The van der Waals surface area contributed by atoms with Crippen LogP contribution in [0.4, 0.5) is 0 Å². The number of fused-ring (bicyclic) bond motifs is 1. The van der Waals surface area contributed by atoms with Crippen LogP contribution >= 0.6 is 0 Å². The molecule has 0 radical (unpaired) electrons. The molecule has 1 N–H and O–H groups in total. The molecular weight excluding hydrogens is 240 g/mol. The quantitative estimate of drug-likeness (QED) is 0.862. The van der Waals surface area contributed by atoms with Crippen molar-refractivity contribution in [2.24, 2.45) is 0 Å². The number of rotatable bonds is 6. The minimum absolute atomic E-state index is 0.0199. The highest BCUT2D eigenvalue weighted by Gasteiger charge is 2.11. The summed E-state index contributed by atoms with van der Waals surface area (Å²) in [6.45, 7) is 3.69. The number of aliphatic hydroxyl groups excluding tert-OH is 1. The van der Waals surface area contributed by atoms with Gasteiger partial charge >= 0.3 is 0 Å². The average molecular weight is 260 g/mol. The summed E-state index contributed by atoms with van der Waals surface area (Å²) in [6, 6.07) is 10.2. The second kappa shape index (κ2) is 6.38. The van der Waals surface area contributed by atoms with Gasteiger partial charge in [-0.15, -0.1) is 0 Å². The summed E-state index contributed by atoms with van der Waals surface area (Å²) in [6.07, 6.45) is 2.48. The van der Waals surface area contributed by atoms with Crippen molar-refractivity contribution in [2.75, 3.05) is 19.7 Å². The number of amides is 1. The van der Waals surface area contributed by atoms with Crippen LogP contribution in [0.3, 0.4) is 0 Å². The molecule has 1 aromatic heterocycles. The lowest BCUT2D eigenvalue weighted by Gasteiger charge is -2.19. The molecule has 19 heavy (non-hydrogen) atoms. The van der Waals surface area contributed by atoms with E-state index in [4.69, 9.17) is 5.11 Å². The smallest absolute Gasteiger partial charge is 0.224 e. The number of hydrogen-bond acceptors (Lipinski definition) is 2. The summed E-state index contributed by atoms with van der Waals surface area (Å²) in [7, 11) is 0. The molecule has 0 spiro atoms. The summed E-state index contributed by atoms with van der Waals surface area (Å²) < 4.78 is 2.10. The van der Waals surface area contributed by atoms with Gasteiger partial charge in [0.15, 0.2) is 0 Å². The van der Waals surface area contributed by atoms with Crippen LogP contribution in [0.25, 0.3) is 10.9 Å². The van der Waals surface area contributed by atoms with E-state index in [9.17, 15) is 4.79 Å². The van der Waals surface area contributed by atoms with Crippen molar-refractivity contribution in [3.05, 3.63) is 36.5 Å². The van der Waals surface area contributed by atoms with Crippen LogP contribution in [0.2, 0.25) is 0 Å². The van der Waals surface area contributed by atoms with E-state index in [1.807, 2.05) is 25.3 Å². The average Bonchev–Trinajstić information content (AvgIpc) is 2.85. The molecule has 1 amide bonds. The number of nitrogens with zero attached hydrogens (tertiary/aromatic N) is 2. The third-order valence-electron chi connectivity index (χ3n) is 3.35. The zero-order valence-electron chi connectivity index (χ0n) is 11.2. The van der Waals surface area contributed by atoms with Gasteiger partial charge in [0.2, 0.25) is 5.91 Å². The number of para-hydroxylation sites is 1. The minimum atomic E-state index is 0.0199. The van der Waals surface area contributed by atoms with Crippen molar-refractivity contribution in [3.8, 4) is 0 Å². The molecule has 1 heterocycles. The number of carbonyl (C=O) groups excluding carboxylic acids is 1. The van der Waals surface area contributed by atoms with E-state index in [0.29, 0.717) is 26.1 Å². The second-order valence-corrected chi connectivity index (χ2v) is 4.51. The molecule has 0 aliphatic rings. The third-order valence-corrected chi connectivity index (χ3v) is 3.35. The molecular formula is C15H20N2O2. The molecule has 102 valence electrons. The zero-order valence-corrected chi connectivity index (χ0v) is 11.2. The van der Waals surface area contributed by atoms with Crippen LogP contribution in [0.5, 0.6) is 0 Å². The predicted octanol–water partition coefficient (Wildman–Crippen LogP) is 1.87. The van der Waals surface area contributed by atoms with Gasteiger partial charge in [-0.05, 0) is 24.4 Å². The second-order valence-electron chi connectivity index (χ2n) is 4.51. The van der Waals surface area contributed by atoms with Crippen LogP contribution in [-0.4, -0.2) is 40.2 Å². The Balaban J connectivity index is 2.00. The fourth-order valence-corrected chi connectivity index (χ4v) is 2.29. The monoisotopic (exact) mass is 260 g/mol. The fraction of sp³-hybridized carbons (Fsp3) is 0.400. The first-order valence-electron chi connectivity index (χ1n) is 6.68. The number of benzene rings is 1. The molecule has 0 aliphatic heterocycles. The molecule has 2 rings (SSSR count). The molecule has 1 aromatic carbocycles. The van der Waals surface area contributed by atoms with Crippen LogP contribution in [0, 0.1) is 0 Å². The normalized spacial score (nSPS) is 10.8. The SMILES string of the molecule is CCN(CCO)C(=O)CCn1ccc2ccccc21. The van der Waals surface area contributed by atoms with E-state index in [-0.39, 0.29) is 12.5 Å². The summed E-state index contributed by atoms with van der Waals surface area (Å²) in [5, 5.41) is 10.1. The zero-order chi connectivity index (χ0) is 13.7. The Morgan fingerprint density at radius 3 is 2.84 bits per heavy atom. The number of aryl methyl sites for hydroxylation is 1. The van der Waals surface area contributed by atoms with Gasteiger partial charge in [-0.3, -0.25) is 4.79 Å². The van der Waals surface area contributed by atoms with Gasteiger partial charge in [0.1, 0.15) is 0 Å². The van der Waals surface area contributed by atoms with Crippen LogP contribution in [0.1, 0.15) is 13.3 Å². The van der Waals surface area contributed by atoms with Crippen molar-refractivity contribution in [1.29, 1.82) is 0 Å². The maximum Gasteiger partial charge on any atom is 0.224 e. The summed E-state index contributed by atoms with van der Waals surface area (Å²) in [5.41, 5.74) is 1.15. The lowest BCUT2D eigenvalue weighted by atomic mass is 10.2. The van der Waals surface area contributed by atoms with Crippen molar-refractivity contribution >= 4 is 16.8 Å². The van der Waals surface area contributed by atoms with Crippen molar-refractivity contribution in [1.82, 2.24) is 9.47 Å². The number of likely N-dealkylation sites (N-methyl/N-ethyl adjacent to an activating group) is 1. The molecule has 4 nitrogen and oxygen atoms in total. The molecule has 0 aliphatic carbocycles. The predicted molar refractivity (Wildman–Crippen MR) is 75.9 cm³/mol. The number of aliphatic hydroxyl groups is 1. The van der Waals surface area contributed by atoms with Gasteiger partial charge in [0, 0.05) is 37.8 Å². The lowest BCUT2D eigenvalue weighted by molar-refractivity contribution is -0.131. The fourth-order valence-electron chi connectivity index (χ4n) is 2.29. The summed E-state index contributed by atoms with van der Waals surface area (Å²) in [4.78, 5) is 13.7. The van der Waals surface area contributed by atoms with Gasteiger partial charge in [0.25, 0.3) is 0 Å². The molecule has 2 aromatic rings. The van der Waals surface area contributed by atoms with E-state index >= 15 is 0 Å². The highest BCUT2D eigenvalue weighted by Crippen LogP contribution is 2.15. The first-order chi connectivity index (χ1) is 9.26. The van der Waals surface area contributed by atoms with Crippen LogP contribution < -0.4 is 0 Å². The van der Waals surface area contributed by atoms with Crippen molar-refractivity contribution in [3.63, 3.8) is 0 Å². The molecule has 0 saturated carbocycles. The first-order valence-corrected chi connectivity index (χ1v) is 6.68. The van der Waals surface area contributed by atoms with Crippen molar-refractivity contribution in [2.45, 2.75) is 19.9 Å². The Labute approximate surface area is 113 Å². The molecule has 0 saturated heterocycles. The minimum Gasteiger partial charge on any atom is -0.395 e. The molecule has 0 fully saturated rings. The Morgan fingerprint density at radius 2 is 2.11 bits per heavy atom. The van der Waals surface area contributed by atoms with Crippen molar-refractivity contribution < 1.29 is 9.90 Å². The first kappa shape index (κ1) is 13.6. The third kappa shape index (κ3) is 3.15. The largest absolute Gasteiger partial charge is 0.395 e. The van der Waals surface area contributed by atoms with E-state index in [1.54, 1.807) is 4.90 Å². The molecule has 0 atom stereocenters. The van der Waals surface area contributed by atoms with E-state index in [1.165, 1.54) is 5.39 Å². The maximum absolute atomic E-state index is 12.0. The topological polar surface area (TPSA) is 45.5 Å². The Hall–Kier alpha value is -1.81. The highest BCUT2D eigenvalue weighted by molar-refractivity contribution is 5.80. The Morgan fingerprint density at radius 1 is 1.32 bits per heavy atom. The number of carbonyl (C=O) groups is 1. The highest BCUT2D eigenvalue weighted by atomic mass is 16.3. The van der Waals surface area contributed by atoms with Gasteiger partial charge in [-0.25, -0.2) is 0 Å². The van der Waals surface area contributed by atoms with Gasteiger partial charge in [-0.2, -0.15) is 0 Å². The van der Waals surface area contributed by atoms with E-state index < -0.39 is 0 Å². The molecule has 4 heteroatoms. The van der Waals surface area contributed by atoms with Crippen LogP contribution in [-0.2, 0) is 11.3 Å². The Bertz CT molecular complexity index is 548. The number of aromatic nitrogens is 1. The van der Waals surface area contributed by atoms with E-state index in [2.05, 4.69) is 22.8 Å². The standard InChI is InChI=1S/C15H20N2O2/c1-2-16(11-12-18)15(19)8-10-17-9-7-13-5-3-4-6-14(13)17/h3-7,9,18H,2,8,10-12H2,1H3. The van der Waals surface area contributed by atoms with Gasteiger partial charge in [0.05, 0.1) is 6.61 Å². The molecule has 0 bridgehead atoms. The summed E-state index contributed by atoms with van der Waals surface area (Å²) in [5.74, 6) is 0.0920. The van der Waals surface area contributed by atoms with Crippen LogP contribution in [0.15, 0.2) is 36.5 Å². The number of hydrogen-bond donors (Lipinski definition) is 1. The Kier molecular flexibility index (Phi) is 4.58. The molecule has 0 unspecified atom stereocenters. The summed E-state index contributed by atoms with van der Waals surface area (Å²) >= 11 is 0. The van der Waals surface area contributed by atoms with Gasteiger partial charge < -0.3 is 14.6 Å². The lowest BCUT2D eigenvalue weighted by Crippen LogP contribution is -2.33. The maximum atomic E-state index is 12.0.